The number of nitrogens with one attached hydrogen (secondary N) is 1. The summed E-state index contributed by atoms with van der Waals surface area (Å²) in [5.41, 5.74) is 2.62. The van der Waals surface area contributed by atoms with Crippen molar-refractivity contribution in [3.63, 3.8) is 0 Å². The zero-order valence-electron chi connectivity index (χ0n) is 5.80. The molecule has 0 aromatic carbocycles. The summed E-state index contributed by atoms with van der Waals surface area (Å²) >= 11 is 0. The van der Waals surface area contributed by atoms with E-state index >= 15 is 0 Å². The molecule has 0 fully saturated rings. The minimum atomic E-state index is 0.944. The van der Waals surface area contributed by atoms with E-state index < -0.39 is 0 Å². The number of dihydropyridines is 2. The first-order valence-electron chi connectivity index (χ1n) is 3.60. The molecule has 0 aromatic heterocycles. The Balaban J connectivity index is 2.32. The molecule has 0 saturated carbocycles. The number of hydrogen-bond acceptors (Lipinski definition) is 2. The van der Waals surface area contributed by atoms with Gasteiger partial charge in [0.15, 0.2) is 0 Å². The molecule has 52 valence electrons. The molecule has 2 aliphatic heterocycles. The fourth-order valence-electron chi connectivity index (χ4n) is 1.26. The third-order valence-corrected chi connectivity index (χ3v) is 1.80. The van der Waals surface area contributed by atoms with Gasteiger partial charge in [0.2, 0.25) is 0 Å². The van der Waals surface area contributed by atoms with Gasteiger partial charge in [0.05, 0.1) is 0 Å². The largest absolute Gasteiger partial charge is 0.384 e. The van der Waals surface area contributed by atoms with E-state index in [0.29, 0.717) is 0 Å². The molecule has 0 bridgehead atoms. The summed E-state index contributed by atoms with van der Waals surface area (Å²) in [5, 5.41) is 3.32. The number of aliphatic imine (C=N–C) groups is 1. The first-order valence-corrected chi connectivity index (χ1v) is 3.60. The topological polar surface area (TPSA) is 24.4 Å². The van der Waals surface area contributed by atoms with Crippen LogP contribution in [0.1, 0.15) is 6.42 Å². The zero-order chi connectivity index (χ0) is 6.81. The highest BCUT2D eigenvalue weighted by Crippen LogP contribution is 2.12. The maximum atomic E-state index is 4.19. The van der Waals surface area contributed by atoms with Gasteiger partial charge >= 0.3 is 0 Å². The van der Waals surface area contributed by atoms with Crippen molar-refractivity contribution in [1.29, 1.82) is 0 Å². The van der Waals surface area contributed by atoms with E-state index in [-0.39, 0.29) is 0 Å². The number of rotatable bonds is 0. The summed E-state index contributed by atoms with van der Waals surface area (Å²) in [4.78, 5) is 4.19. The second-order valence-corrected chi connectivity index (χ2v) is 2.50. The van der Waals surface area contributed by atoms with Crippen LogP contribution in [0.2, 0.25) is 0 Å². The van der Waals surface area contributed by atoms with Gasteiger partial charge in [-0.25, -0.2) is 0 Å². The number of nitrogens with zero attached hydrogens (tertiary/aromatic N) is 1. The van der Waals surface area contributed by atoms with Gasteiger partial charge in [0.1, 0.15) is 0 Å². The molecule has 0 aromatic rings. The minimum absolute atomic E-state index is 0.944. The fraction of sp³-hybridized carbons (Fsp3) is 0.375. The van der Waals surface area contributed by atoms with Crippen molar-refractivity contribution in [3.8, 4) is 0 Å². The first-order chi connectivity index (χ1) is 4.97. The molecule has 1 N–H and O–H groups in total. The lowest BCUT2D eigenvalue weighted by Gasteiger charge is -2.17. The van der Waals surface area contributed by atoms with E-state index in [9.17, 15) is 0 Å². The van der Waals surface area contributed by atoms with Gasteiger partial charge < -0.3 is 5.32 Å². The van der Waals surface area contributed by atoms with E-state index in [2.05, 4.69) is 22.5 Å². The van der Waals surface area contributed by atoms with Crippen molar-refractivity contribution in [1.82, 2.24) is 5.32 Å². The van der Waals surface area contributed by atoms with Crippen LogP contribution in [0.15, 0.2) is 28.4 Å². The van der Waals surface area contributed by atoms with Crippen LogP contribution in [0.5, 0.6) is 0 Å². The summed E-state index contributed by atoms with van der Waals surface area (Å²) in [6.45, 7) is 1.92. The van der Waals surface area contributed by atoms with Gasteiger partial charge in [0.25, 0.3) is 0 Å². The molecule has 2 nitrogen and oxygen atoms in total. The average Bonchev–Trinajstić information content (AvgIpc) is 2.05. The van der Waals surface area contributed by atoms with Crippen LogP contribution >= 0.6 is 0 Å². The molecule has 10 heavy (non-hydrogen) atoms. The Kier molecular flexibility index (Phi) is 1.31. The van der Waals surface area contributed by atoms with Crippen molar-refractivity contribution in [2.75, 3.05) is 13.1 Å². The van der Waals surface area contributed by atoms with E-state index in [0.717, 1.165) is 19.5 Å². The maximum absolute atomic E-state index is 4.19. The lowest BCUT2D eigenvalue weighted by Crippen LogP contribution is -2.21. The predicted octanol–water partition coefficient (Wildman–Crippen LogP) is 0.874. The van der Waals surface area contributed by atoms with Crippen molar-refractivity contribution < 1.29 is 0 Å². The molecule has 2 aliphatic rings. The maximum Gasteiger partial charge on any atom is 0.0444 e. The van der Waals surface area contributed by atoms with Gasteiger partial charge in [-0.05, 0) is 0 Å². The third kappa shape index (κ3) is 0.856. The lowest BCUT2D eigenvalue weighted by atomic mass is 10.1. The van der Waals surface area contributed by atoms with Crippen molar-refractivity contribution in [2.24, 2.45) is 4.99 Å². The standard InChI is InChI=1S/C8H10N2/c1-2-7-6-9-5-3-8(7)10-4-1/h1-2,6,10H,3-5H2. The van der Waals surface area contributed by atoms with Crippen molar-refractivity contribution in [3.05, 3.63) is 23.4 Å². The summed E-state index contributed by atoms with van der Waals surface area (Å²) in [6.07, 6.45) is 7.28. The fourth-order valence-corrected chi connectivity index (χ4v) is 1.26. The van der Waals surface area contributed by atoms with Crippen LogP contribution in [-0.4, -0.2) is 19.3 Å². The van der Waals surface area contributed by atoms with Crippen LogP contribution in [0.3, 0.4) is 0 Å². The molecule has 2 heteroatoms. The monoisotopic (exact) mass is 134 g/mol. The van der Waals surface area contributed by atoms with Gasteiger partial charge in [-0.3, -0.25) is 4.99 Å². The highest BCUT2D eigenvalue weighted by molar-refractivity contribution is 5.84. The number of allylic oxidation sites excluding steroid dienone is 2. The van der Waals surface area contributed by atoms with E-state index in [4.69, 9.17) is 0 Å². The third-order valence-electron chi connectivity index (χ3n) is 1.80. The normalized spacial score (nSPS) is 22.4. The first kappa shape index (κ1) is 5.71. The molecule has 0 atom stereocenters. The van der Waals surface area contributed by atoms with Gasteiger partial charge in [-0.15, -0.1) is 0 Å². The zero-order valence-corrected chi connectivity index (χ0v) is 5.80. The Morgan fingerprint density at radius 1 is 1.50 bits per heavy atom. The van der Waals surface area contributed by atoms with Crippen LogP contribution in [0.4, 0.5) is 0 Å². The summed E-state index contributed by atoms with van der Waals surface area (Å²) in [7, 11) is 0. The Bertz CT molecular complexity index is 201. The average molecular weight is 134 g/mol. The molecule has 0 saturated heterocycles. The molecule has 0 aliphatic carbocycles. The smallest absolute Gasteiger partial charge is 0.0444 e. The van der Waals surface area contributed by atoms with Crippen molar-refractivity contribution >= 4 is 6.21 Å². The highest BCUT2D eigenvalue weighted by Gasteiger charge is 2.07. The molecular weight excluding hydrogens is 124 g/mol. The summed E-state index contributed by atoms with van der Waals surface area (Å²) in [5.74, 6) is 0. The van der Waals surface area contributed by atoms with Crippen LogP contribution < -0.4 is 5.32 Å². The molecule has 2 heterocycles. The van der Waals surface area contributed by atoms with Gasteiger partial charge in [-0.2, -0.15) is 0 Å². The van der Waals surface area contributed by atoms with Gasteiger partial charge in [0, 0.05) is 37.0 Å². The highest BCUT2D eigenvalue weighted by atomic mass is 14.9. The SMILES string of the molecule is C1=CC2=C(CCN=C2)NC1. The second kappa shape index (κ2) is 2.29. The van der Waals surface area contributed by atoms with E-state index in [1.165, 1.54) is 11.3 Å². The Morgan fingerprint density at radius 2 is 2.50 bits per heavy atom. The predicted molar refractivity (Wildman–Crippen MR) is 42.1 cm³/mol. The van der Waals surface area contributed by atoms with Crippen molar-refractivity contribution in [2.45, 2.75) is 6.42 Å². The molecule has 2 rings (SSSR count). The van der Waals surface area contributed by atoms with E-state index in [1.807, 2.05) is 6.21 Å². The van der Waals surface area contributed by atoms with Crippen LogP contribution in [0, 0.1) is 0 Å². The Morgan fingerprint density at radius 3 is 3.40 bits per heavy atom. The minimum Gasteiger partial charge on any atom is -0.384 e. The molecule has 0 spiro atoms. The lowest BCUT2D eigenvalue weighted by molar-refractivity contribution is 0.782. The van der Waals surface area contributed by atoms with Crippen LogP contribution in [-0.2, 0) is 0 Å². The molecule has 0 unspecified atom stereocenters. The number of hydrogen-bond donors (Lipinski definition) is 1. The van der Waals surface area contributed by atoms with Gasteiger partial charge in [-0.1, -0.05) is 12.2 Å². The quantitative estimate of drug-likeness (QED) is 0.522. The Labute approximate surface area is 60.3 Å². The van der Waals surface area contributed by atoms with Crippen LogP contribution in [0.25, 0.3) is 0 Å². The molecule has 0 radical (unpaired) electrons. The Hall–Kier alpha value is -1.05. The summed E-state index contributed by atoms with van der Waals surface area (Å²) in [6, 6.07) is 0. The summed E-state index contributed by atoms with van der Waals surface area (Å²) < 4.78 is 0. The second-order valence-electron chi connectivity index (χ2n) is 2.50. The van der Waals surface area contributed by atoms with E-state index in [1.54, 1.807) is 0 Å². The molecule has 0 amide bonds. The molecular formula is C8H10N2.